The van der Waals surface area contributed by atoms with Crippen LogP contribution in [0, 0.1) is 31.4 Å². The summed E-state index contributed by atoms with van der Waals surface area (Å²) in [5.74, 6) is -1.45. The molecule has 45 heavy (non-hydrogen) atoms. The lowest BCUT2D eigenvalue weighted by Crippen LogP contribution is -2.34. The van der Waals surface area contributed by atoms with Gasteiger partial charge in [0, 0.05) is 24.2 Å². The number of pyridine rings is 1. The molecule has 3 aliphatic rings. The zero-order chi connectivity index (χ0) is 31.8. The molecule has 0 spiro atoms. The van der Waals surface area contributed by atoms with Gasteiger partial charge in [-0.1, -0.05) is 24.6 Å². The standard InChI is InChI=1S/C34H32IN3O7/c1-3-20-16-24-31(34(41)37(33(24)40)22-7-6-8-23(17-22)38(42)43)25-18-45-28(30(20)25)11-10-21(27-9-4-5-12-36-27)13-19-14-26(35)32(39)29(15-19)44-2/h4-9,12-15,17,24-25,28,31,39H,3,10-11,16,18H2,1-2H3/b21-13-/t24-,25+,28-,31-/m1/s1. The van der Waals surface area contributed by atoms with Crippen LogP contribution in [0.1, 0.15) is 43.9 Å². The van der Waals surface area contributed by atoms with Gasteiger partial charge in [0.2, 0.25) is 11.8 Å². The number of anilines is 1. The number of ether oxygens (including phenoxy) is 2. The number of halogens is 1. The number of methoxy groups -OCH3 is 1. The van der Waals surface area contributed by atoms with Gasteiger partial charge in [0.15, 0.2) is 11.5 Å². The maximum absolute atomic E-state index is 13.8. The minimum Gasteiger partial charge on any atom is -0.504 e. The highest BCUT2D eigenvalue weighted by molar-refractivity contribution is 14.1. The number of aromatic hydroxyl groups is 1. The van der Waals surface area contributed by atoms with Crippen LogP contribution in [-0.2, 0) is 14.3 Å². The number of allylic oxidation sites excluding steroid dienone is 2. The van der Waals surface area contributed by atoms with E-state index in [2.05, 4.69) is 34.5 Å². The van der Waals surface area contributed by atoms with Gasteiger partial charge in [0.25, 0.3) is 5.69 Å². The number of nitrogens with zero attached hydrogens (tertiary/aromatic N) is 3. The van der Waals surface area contributed by atoms with E-state index in [0.29, 0.717) is 35.2 Å². The number of hydrogen-bond donors (Lipinski definition) is 1. The second-order valence-corrected chi connectivity index (χ2v) is 12.6. The van der Waals surface area contributed by atoms with Gasteiger partial charge in [0.1, 0.15) is 0 Å². The molecule has 0 radical (unpaired) electrons. The first-order chi connectivity index (χ1) is 21.7. The van der Waals surface area contributed by atoms with E-state index in [0.717, 1.165) is 39.3 Å². The summed E-state index contributed by atoms with van der Waals surface area (Å²) in [6, 6.07) is 15.1. The van der Waals surface area contributed by atoms with Gasteiger partial charge in [-0.25, -0.2) is 4.90 Å². The van der Waals surface area contributed by atoms with Gasteiger partial charge in [0.05, 0.1) is 51.5 Å². The fourth-order valence-electron chi connectivity index (χ4n) is 6.96. The minimum absolute atomic E-state index is 0.0960. The predicted octanol–water partition coefficient (Wildman–Crippen LogP) is 6.56. The average Bonchev–Trinajstić information content (AvgIpc) is 3.58. The Balaban J connectivity index is 1.28. The molecule has 232 valence electrons. The normalized spacial score (nSPS) is 22.9. The van der Waals surface area contributed by atoms with Crippen molar-refractivity contribution in [3.05, 3.63) is 96.9 Å². The number of amides is 2. The molecule has 1 aliphatic carbocycles. The number of non-ortho nitro benzene ring substituents is 1. The summed E-state index contributed by atoms with van der Waals surface area (Å²) in [6.07, 6.45) is 6.07. The molecular weight excluding hydrogens is 689 g/mol. The van der Waals surface area contributed by atoms with Gasteiger partial charge in [-0.2, -0.15) is 0 Å². The molecule has 1 N–H and O–H groups in total. The molecule has 0 bridgehead atoms. The smallest absolute Gasteiger partial charge is 0.271 e. The van der Waals surface area contributed by atoms with Crippen molar-refractivity contribution in [2.24, 2.45) is 17.8 Å². The summed E-state index contributed by atoms with van der Waals surface area (Å²) < 4.78 is 12.4. The highest BCUT2D eigenvalue weighted by Gasteiger charge is 2.57. The fraction of sp³-hybridized carbons (Fsp3) is 0.324. The molecule has 0 saturated carbocycles. The molecule has 1 aromatic heterocycles. The van der Waals surface area contributed by atoms with Crippen LogP contribution in [-0.4, -0.2) is 46.6 Å². The lowest BCUT2D eigenvalue weighted by atomic mass is 9.69. The van der Waals surface area contributed by atoms with Crippen LogP contribution in [0.4, 0.5) is 11.4 Å². The summed E-state index contributed by atoms with van der Waals surface area (Å²) in [7, 11) is 1.52. The van der Waals surface area contributed by atoms with Gasteiger partial charge >= 0.3 is 0 Å². The molecule has 0 unspecified atom stereocenters. The number of carbonyl (C=O) groups excluding carboxylic acids is 2. The summed E-state index contributed by atoms with van der Waals surface area (Å²) in [5.41, 5.74) is 5.00. The molecule has 2 aliphatic heterocycles. The Labute approximate surface area is 274 Å². The van der Waals surface area contributed by atoms with E-state index < -0.39 is 16.8 Å². The Bertz CT molecular complexity index is 1740. The second kappa shape index (κ2) is 12.7. The molecule has 6 rings (SSSR count). The van der Waals surface area contributed by atoms with Crippen LogP contribution in [0.25, 0.3) is 11.6 Å². The van der Waals surface area contributed by atoms with Crippen molar-refractivity contribution < 1.29 is 29.1 Å². The van der Waals surface area contributed by atoms with Crippen LogP contribution in [0.3, 0.4) is 0 Å². The summed E-state index contributed by atoms with van der Waals surface area (Å²) >= 11 is 2.08. The molecule has 2 saturated heterocycles. The van der Waals surface area contributed by atoms with Crippen molar-refractivity contribution in [1.82, 2.24) is 4.98 Å². The zero-order valence-corrected chi connectivity index (χ0v) is 27.0. The van der Waals surface area contributed by atoms with Crippen molar-refractivity contribution in [1.29, 1.82) is 0 Å². The Kier molecular flexibility index (Phi) is 8.74. The first kappa shape index (κ1) is 30.9. The van der Waals surface area contributed by atoms with E-state index in [1.54, 1.807) is 18.3 Å². The number of benzene rings is 2. The fourth-order valence-corrected chi connectivity index (χ4v) is 7.58. The molecule has 3 aromatic rings. The number of hydrogen-bond acceptors (Lipinski definition) is 8. The summed E-state index contributed by atoms with van der Waals surface area (Å²) in [4.78, 5) is 44.1. The number of aromatic nitrogens is 1. The van der Waals surface area contributed by atoms with Crippen LogP contribution in [0.2, 0.25) is 0 Å². The highest BCUT2D eigenvalue weighted by Crippen LogP contribution is 2.51. The van der Waals surface area contributed by atoms with Crippen LogP contribution in [0.5, 0.6) is 11.5 Å². The number of imide groups is 1. The minimum atomic E-state index is -0.565. The van der Waals surface area contributed by atoms with Crippen molar-refractivity contribution in [2.45, 2.75) is 38.7 Å². The monoisotopic (exact) mass is 721 g/mol. The third kappa shape index (κ3) is 5.74. The summed E-state index contributed by atoms with van der Waals surface area (Å²) in [5, 5.41) is 21.7. The van der Waals surface area contributed by atoms with Crippen LogP contribution < -0.4 is 9.64 Å². The number of phenols is 1. The van der Waals surface area contributed by atoms with Crippen molar-refractivity contribution in [3.8, 4) is 11.5 Å². The lowest BCUT2D eigenvalue weighted by molar-refractivity contribution is -0.384. The van der Waals surface area contributed by atoms with Gasteiger partial charge in [-0.15, -0.1) is 0 Å². The first-order valence-electron chi connectivity index (χ1n) is 14.9. The molecule has 4 atom stereocenters. The average molecular weight is 722 g/mol. The molecule has 2 fully saturated rings. The van der Waals surface area contributed by atoms with E-state index in [1.165, 1.54) is 25.3 Å². The van der Waals surface area contributed by atoms with Gasteiger partial charge < -0.3 is 14.6 Å². The van der Waals surface area contributed by atoms with Crippen molar-refractivity contribution >= 4 is 57.4 Å². The number of phenolic OH excluding ortho intramolecular Hbond substituents is 1. The largest absolute Gasteiger partial charge is 0.504 e. The quantitative estimate of drug-likeness (QED) is 0.0865. The summed E-state index contributed by atoms with van der Waals surface area (Å²) in [6.45, 7) is 2.40. The number of fused-ring (bicyclic) bond motifs is 3. The number of rotatable bonds is 9. The van der Waals surface area contributed by atoms with E-state index >= 15 is 0 Å². The Morgan fingerprint density at radius 2 is 2.00 bits per heavy atom. The number of nitro groups is 1. The lowest BCUT2D eigenvalue weighted by Gasteiger charge is -2.31. The Morgan fingerprint density at radius 3 is 2.71 bits per heavy atom. The maximum Gasteiger partial charge on any atom is 0.271 e. The van der Waals surface area contributed by atoms with Crippen LogP contribution >= 0.6 is 22.6 Å². The molecule has 10 nitrogen and oxygen atoms in total. The molecule has 2 amide bonds. The second-order valence-electron chi connectivity index (χ2n) is 11.4. The van der Waals surface area contributed by atoms with E-state index in [1.807, 2.05) is 30.3 Å². The SMILES string of the molecule is CCC1=C2[C@@H](CC/C(=C/c3cc(I)c(O)c(OC)c3)c3ccccn3)OC[C@@H]2[C@@H]2C(=O)N(c3cccc([N+](=O)[O-])c3)C(=O)[C@@H]2C1. The van der Waals surface area contributed by atoms with E-state index in [9.17, 15) is 24.8 Å². The maximum atomic E-state index is 13.8. The number of nitro benzene ring substituents is 1. The number of carbonyl (C=O) groups is 2. The molecule has 3 heterocycles. The molecule has 11 heteroatoms. The van der Waals surface area contributed by atoms with Gasteiger partial charge in [-0.3, -0.25) is 24.7 Å². The molecular formula is C34H32IN3O7. The first-order valence-corrected chi connectivity index (χ1v) is 15.9. The Hall–Kier alpha value is -4.10. The third-order valence-electron chi connectivity index (χ3n) is 9.01. The third-order valence-corrected chi connectivity index (χ3v) is 9.84. The molecule has 2 aromatic carbocycles. The predicted molar refractivity (Wildman–Crippen MR) is 176 cm³/mol. The zero-order valence-electron chi connectivity index (χ0n) is 24.8. The van der Waals surface area contributed by atoms with Gasteiger partial charge in [-0.05, 0) is 101 Å². The van der Waals surface area contributed by atoms with Crippen molar-refractivity contribution in [3.63, 3.8) is 0 Å². The van der Waals surface area contributed by atoms with Crippen molar-refractivity contribution in [2.75, 3.05) is 18.6 Å². The Morgan fingerprint density at radius 1 is 1.18 bits per heavy atom. The highest BCUT2D eigenvalue weighted by atomic mass is 127. The van der Waals surface area contributed by atoms with E-state index in [-0.39, 0.29) is 41.0 Å². The van der Waals surface area contributed by atoms with E-state index in [4.69, 9.17) is 9.47 Å². The van der Waals surface area contributed by atoms with Crippen LogP contribution in [0.15, 0.2) is 71.9 Å². The topological polar surface area (TPSA) is 132 Å².